The van der Waals surface area contributed by atoms with Gasteiger partial charge in [-0.05, 0) is 29.1 Å². The summed E-state index contributed by atoms with van der Waals surface area (Å²) in [6, 6.07) is 22.7. The monoisotopic (exact) mass is 443 g/mol. The van der Waals surface area contributed by atoms with Crippen LogP contribution in [0.25, 0.3) is 31.6 Å². The van der Waals surface area contributed by atoms with Gasteiger partial charge in [0.2, 0.25) is 0 Å². The highest BCUT2D eigenvalue weighted by molar-refractivity contribution is 7.22. The van der Waals surface area contributed by atoms with E-state index in [4.69, 9.17) is 4.74 Å². The van der Waals surface area contributed by atoms with Crippen molar-refractivity contribution in [2.75, 3.05) is 13.7 Å². The Balaban J connectivity index is 1.55. The maximum atomic E-state index is 13.2. The zero-order chi connectivity index (χ0) is 22.1. The van der Waals surface area contributed by atoms with Crippen molar-refractivity contribution in [3.63, 3.8) is 0 Å². The lowest BCUT2D eigenvalue weighted by atomic mass is 10.0. The number of rotatable bonds is 6. The van der Waals surface area contributed by atoms with Gasteiger partial charge in [-0.15, -0.1) is 11.3 Å². The lowest BCUT2D eigenvalue weighted by Gasteiger charge is -2.18. The molecule has 1 amide bonds. The van der Waals surface area contributed by atoms with Crippen molar-refractivity contribution >= 4 is 38.2 Å². The molecule has 0 radical (unpaired) electrons. The van der Waals surface area contributed by atoms with Gasteiger partial charge < -0.3 is 15.2 Å². The Bertz CT molecular complexity index is 1380. The summed E-state index contributed by atoms with van der Waals surface area (Å²) in [4.78, 5) is 14.2. The molecular formula is C25H21N3O3S. The number of H-pyrrole nitrogens is 1. The largest absolute Gasteiger partial charge is 0.496 e. The Labute approximate surface area is 188 Å². The number of thiophene rings is 1. The second-order valence-corrected chi connectivity index (χ2v) is 8.52. The van der Waals surface area contributed by atoms with Gasteiger partial charge in [0.05, 0.1) is 35.7 Å². The number of fused-ring (bicyclic) bond motifs is 2. The second kappa shape index (κ2) is 8.45. The molecule has 6 nitrogen and oxygen atoms in total. The van der Waals surface area contributed by atoms with E-state index < -0.39 is 6.04 Å². The van der Waals surface area contributed by atoms with E-state index in [1.165, 1.54) is 11.8 Å². The molecule has 0 bridgehead atoms. The summed E-state index contributed by atoms with van der Waals surface area (Å²) in [5.74, 6) is 0.112. The van der Waals surface area contributed by atoms with Gasteiger partial charge in [0.1, 0.15) is 11.4 Å². The van der Waals surface area contributed by atoms with Crippen LogP contribution in [0.2, 0.25) is 0 Å². The number of aromatic amines is 1. The molecule has 0 aliphatic rings. The average Bonchev–Trinajstić information content (AvgIpc) is 3.45. The van der Waals surface area contributed by atoms with Crippen molar-refractivity contribution in [1.82, 2.24) is 15.5 Å². The molecule has 32 heavy (non-hydrogen) atoms. The van der Waals surface area contributed by atoms with Gasteiger partial charge in [0.15, 0.2) is 0 Å². The number of ether oxygens (including phenoxy) is 1. The third-order valence-electron chi connectivity index (χ3n) is 5.48. The second-order valence-electron chi connectivity index (χ2n) is 7.44. The van der Waals surface area contributed by atoms with Gasteiger partial charge in [0.25, 0.3) is 5.91 Å². The highest BCUT2D eigenvalue weighted by Crippen LogP contribution is 2.37. The van der Waals surface area contributed by atoms with E-state index in [9.17, 15) is 9.90 Å². The maximum absolute atomic E-state index is 13.2. The number of aromatic nitrogens is 2. The van der Waals surface area contributed by atoms with E-state index in [0.717, 1.165) is 32.4 Å². The van der Waals surface area contributed by atoms with E-state index in [0.29, 0.717) is 11.3 Å². The number of hydrogen-bond donors (Lipinski definition) is 3. The average molecular weight is 444 g/mol. The molecule has 0 saturated heterocycles. The summed E-state index contributed by atoms with van der Waals surface area (Å²) in [6.07, 6.45) is 0. The smallest absolute Gasteiger partial charge is 0.255 e. The van der Waals surface area contributed by atoms with Crippen molar-refractivity contribution in [1.29, 1.82) is 0 Å². The minimum absolute atomic E-state index is 0.209. The summed E-state index contributed by atoms with van der Waals surface area (Å²) in [6.45, 7) is -0.209. The van der Waals surface area contributed by atoms with Gasteiger partial charge >= 0.3 is 0 Å². The summed E-state index contributed by atoms with van der Waals surface area (Å²) >= 11 is 1.66. The van der Waals surface area contributed by atoms with Gasteiger partial charge in [-0.1, -0.05) is 48.5 Å². The molecule has 5 rings (SSSR count). The van der Waals surface area contributed by atoms with Crippen LogP contribution >= 0.6 is 11.3 Å². The standard InChI is InChI=1S/C25H21N3O3S/c1-31-21-13-19-17(24(28-27-19)23-11-16-9-5-6-10-22(16)32-23)12-18(21)25(30)26-20(14-29)15-7-3-2-4-8-15/h2-13,20,29H,14H2,1H3,(H,26,30)(H,27,28). The number of aliphatic hydroxyl groups excluding tert-OH is 1. The van der Waals surface area contributed by atoms with Gasteiger partial charge in [-0.25, -0.2) is 0 Å². The molecule has 0 saturated carbocycles. The summed E-state index contributed by atoms with van der Waals surface area (Å²) in [7, 11) is 1.53. The van der Waals surface area contributed by atoms with Crippen LogP contribution in [0.15, 0.2) is 72.8 Å². The molecule has 0 spiro atoms. The molecule has 1 atom stereocenters. The number of nitrogens with one attached hydrogen (secondary N) is 2. The topological polar surface area (TPSA) is 87.2 Å². The van der Waals surface area contributed by atoms with Crippen molar-refractivity contribution in [2.24, 2.45) is 0 Å². The van der Waals surface area contributed by atoms with Gasteiger partial charge in [0, 0.05) is 16.2 Å². The SMILES string of the molecule is COc1cc2[nH]nc(-c3cc4ccccc4s3)c2cc1C(=O)NC(CO)c1ccccc1. The normalized spacial score (nSPS) is 12.2. The Morgan fingerprint density at radius 2 is 1.91 bits per heavy atom. The maximum Gasteiger partial charge on any atom is 0.255 e. The first-order valence-corrected chi connectivity index (χ1v) is 11.0. The molecule has 3 aromatic carbocycles. The third-order valence-corrected chi connectivity index (χ3v) is 6.60. The molecule has 3 N–H and O–H groups in total. The Kier molecular flexibility index (Phi) is 5.34. The molecule has 160 valence electrons. The molecule has 0 aliphatic carbocycles. The molecule has 0 fully saturated rings. The quantitative estimate of drug-likeness (QED) is 0.348. The highest BCUT2D eigenvalue weighted by atomic mass is 32.1. The lowest BCUT2D eigenvalue weighted by molar-refractivity contribution is 0.0913. The number of nitrogens with zero attached hydrogens (tertiary/aromatic N) is 1. The summed E-state index contributed by atoms with van der Waals surface area (Å²) in [5.41, 5.74) is 2.79. The number of methoxy groups -OCH3 is 1. The molecule has 5 aromatic rings. The highest BCUT2D eigenvalue weighted by Gasteiger charge is 2.21. The first-order valence-electron chi connectivity index (χ1n) is 10.2. The zero-order valence-electron chi connectivity index (χ0n) is 17.3. The Morgan fingerprint density at radius 3 is 2.66 bits per heavy atom. The van der Waals surface area contributed by atoms with Crippen molar-refractivity contribution in [3.05, 3.63) is 83.9 Å². The van der Waals surface area contributed by atoms with Crippen LogP contribution in [0.4, 0.5) is 0 Å². The van der Waals surface area contributed by atoms with Crippen molar-refractivity contribution < 1.29 is 14.6 Å². The van der Waals surface area contributed by atoms with Crippen LogP contribution < -0.4 is 10.1 Å². The fourth-order valence-corrected chi connectivity index (χ4v) is 4.90. The number of aliphatic hydroxyl groups is 1. The number of hydrogen-bond acceptors (Lipinski definition) is 5. The fraction of sp³-hybridized carbons (Fsp3) is 0.120. The summed E-state index contributed by atoms with van der Waals surface area (Å²) < 4.78 is 6.67. The van der Waals surface area contributed by atoms with Crippen LogP contribution in [0.3, 0.4) is 0 Å². The molecule has 2 heterocycles. The van der Waals surface area contributed by atoms with Crippen LogP contribution in [0.1, 0.15) is 22.0 Å². The van der Waals surface area contributed by atoms with Gasteiger partial charge in [-0.2, -0.15) is 5.10 Å². The minimum atomic E-state index is -0.518. The minimum Gasteiger partial charge on any atom is -0.496 e. The first-order chi connectivity index (χ1) is 15.7. The number of benzene rings is 3. The van der Waals surface area contributed by atoms with E-state index in [2.05, 4.69) is 33.7 Å². The molecule has 2 aromatic heterocycles. The van der Waals surface area contributed by atoms with E-state index >= 15 is 0 Å². The number of amides is 1. The van der Waals surface area contributed by atoms with Crippen LogP contribution in [-0.2, 0) is 0 Å². The molecule has 0 aliphatic heterocycles. The predicted octanol–water partition coefficient (Wildman–Crippen LogP) is 4.92. The Morgan fingerprint density at radius 1 is 1.12 bits per heavy atom. The summed E-state index contributed by atoms with van der Waals surface area (Å²) in [5, 5.41) is 22.3. The van der Waals surface area contributed by atoms with Crippen molar-refractivity contribution in [3.8, 4) is 16.3 Å². The number of carbonyl (C=O) groups is 1. The zero-order valence-corrected chi connectivity index (χ0v) is 18.1. The molecule has 1 unspecified atom stereocenters. The van der Waals surface area contributed by atoms with Crippen LogP contribution in [0, 0.1) is 0 Å². The molecular weight excluding hydrogens is 422 g/mol. The predicted molar refractivity (Wildman–Crippen MR) is 127 cm³/mol. The third kappa shape index (κ3) is 3.62. The Hall–Kier alpha value is -3.68. The van der Waals surface area contributed by atoms with Crippen molar-refractivity contribution in [2.45, 2.75) is 6.04 Å². The first kappa shape index (κ1) is 20.2. The van der Waals surface area contributed by atoms with Crippen LogP contribution in [-0.4, -0.2) is 34.9 Å². The fourth-order valence-electron chi connectivity index (χ4n) is 3.83. The van der Waals surface area contributed by atoms with E-state index in [-0.39, 0.29) is 12.5 Å². The van der Waals surface area contributed by atoms with Gasteiger partial charge in [-0.3, -0.25) is 9.89 Å². The van der Waals surface area contributed by atoms with Crippen LogP contribution in [0.5, 0.6) is 5.75 Å². The lowest BCUT2D eigenvalue weighted by Crippen LogP contribution is -2.31. The van der Waals surface area contributed by atoms with E-state index in [1.54, 1.807) is 23.5 Å². The number of carbonyl (C=O) groups excluding carboxylic acids is 1. The van der Waals surface area contributed by atoms with E-state index in [1.807, 2.05) is 42.5 Å². The molecule has 7 heteroatoms.